The molecule has 1 N–H and O–H groups in total. The van der Waals surface area contributed by atoms with E-state index in [1.165, 1.54) is 22.3 Å². The van der Waals surface area contributed by atoms with E-state index >= 15 is 0 Å². The summed E-state index contributed by atoms with van der Waals surface area (Å²) in [6, 6.07) is 0. The number of carboxylic acid groups (broad SMARTS) is 1. The van der Waals surface area contributed by atoms with Crippen LogP contribution in [0, 0.1) is 11.8 Å². The summed E-state index contributed by atoms with van der Waals surface area (Å²) in [5, 5.41) is 8.98. The Bertz CT molecular complexity index is 799. The van der Waals surface area contributed by atoms with Crippen molar-refractivity contribution in [2.24, 2.45) is 11.8 Å². The second-order valence-corrected chi connectivity index (χ2v) is 10.9. The monoisotopic (exact) mass is 456 g/mol. The van der Waals surface area contributed by atoms with E-state index in [2.05, 4.69) is 65.8 Å². The van der Waals surface area contributed by atoms with Crippen molar-refractivity contribution in [1.82, 2.24) is 0 Å². The van der Waals surface area contributed by atoms with Gasteiger partial charge in [-0.1, -0.05) is 61.8 Å². The molecule has 0 aromatic heterocycles. The zero-order chi connectivity index (χ0) is 24.6. The first-order valence-electron chi connectivity index (χ1n) is 13.1. The number of allylic oxidation sites excluding steroid dienone is 6. The lowest BCUT2D eigenvalue weighted by Crippen LogP contribution is -2.53. The van der Waals surface area contributed by atoms with E-state index in [1.807, 2.05) is 0 Å². The molecule has 0 aromatic rings. The summed E-state index contributed by atoms with van der Waals surface area (Å²) in [6.45, 7) is 15.4. The maximum Gasteiger partial charge on any atom is 0.306 e. The van der Waals surface area contributed by atoms with Gasteiger partial charge in [0.1, 0.15) is 0 Å². The maximum absolute atomic E-state index is 10.9. The average Bonchev–Trinajstić information content (AvgIpc) is 2.76. The van der Waals surface area contributed by atoms with E-state index in [-0.39, 0.29) is 17.1 Å². The van der Waals surface area contributed by atoms with E-state index in [4.69, 9.17) is 9.84 Å². The molecule has 4 atom stereocenters. The lowest BCUT2D eigenvalue weighted by atomic mass is 9.68. The first kappa shape index (κ1) is 27.6. The van der Waals surface area contributed by atoms with Gasteiger partial charge in [0.2, 0.25) is 0 Å². The second-order valence-electron chi connectivity index (χ2n) is 10.9. The predicted molar refractivity (Wildman–Crippen MR) is 139 cm³/mol. The van der Waals surface area contributed by atoms with Crippen LogP contribution in [-0.4, -0.2) is 22.3 Å². The van der Waals surface area contributed by atoms with Crippen LogP contribution in [0.15, 0.2) is 46.6 Å². The standard InChI is InChI=1S/C30H48O3/c1-8-30-26(6)24(4)17-18-27(30)19-21-29(7,33-30)20-11-15-23(3)13-9-12-22(2)14-10-16-25(5)28(31)32/h14-15,17-18,25-26H,8-13,16,19-21H2,1-7H3,(H,31,32). The van der Waals surface area contributed by atoms with Crippen molar-refractivity contribution in [1.29, 1.82) is 0 Å². The Morgan fingerprint density at radius 3 is 2.45 bits per heavy atom. The average molecular weight is 457 g/mol. The Morgan fingerprint density at radius 2 is 1.85 bits per heavy atom. The number of hydrogen-bond donors (Lipinski definition) is 1. The number of fused-ring (bicyclic) bond motifs is 1. The van der Waals surface area contributed by atoms with Gasteiger partial charge in [0, 0.05) is 5.92 Å². The van der Waals surface area contributed by atoms with Gasteiger partial charge in [-0.2, -0.15) is 0 Å². The molecule has 2 rings (SSSR count). The molecular weight excluding hydrogens is 408 g/mol. The molecule has 0 saturated carbocycles. The Kier molecular flexibility index (Phi) is 10.2. The minimum absolute atomic E-state index is 0.0532. The third kappa shape index (κ3) is 7.44. The van der Waals surface area contributed by atoms with Crippen molar-refractivity contribution in [2.75, 3.05) is 0 Å². The van der Waals surface area contributed by atoms with E-state index in [0.29, 0.717) is 5.92 Å². The Balaban J connectivity index is 1.79. The van der Waals surface area contributed by atoms with Crippen LogP contribution in [0.3, 0.4) is 0 Å². The summed E-state index contributed by atoms with van der Waals surface area (Å²) < 4.78 is 6.98. The van der Waals surface area contributed by atoms with Gasteiger partial charge in [0.05, 0.1) is 17.1 Å². The number of hydrogen-bond acceptors (Lipinski definition) is 2. The van der Waals surface area contributed by atoms with Gasteiger partial charge >= 0.3 is 5.97 Å². The number of carbonyl (C=O) groups is 1. The van der Waals surface area contributed by atoms with E-state index in [9.17, 15) is 4.79 Å². The first-order chi connectivity index (χ1) is 15.5. The molecule has 1 aliphatic heterocycles. The molecule has 0 radical (unpaired) electrons. The summed E-state index contributed by atoms with van der Waals surface area (Å²) in [5.41, 5.74) is 5.61. The number of carboxylic acids is 1. The summed E-state index contributed by atoms with van der Waals surface area (Å²) in [5.74, 6) is -0.509. The van der Waals surface area contributed by atoms with Crippen LogP contribution in [-0.2, 0) is 9.53 Å². The van der Waals surface area contributed by atoms with Crippen LogP contribution in [0.5, 0.6) is 0 Å². The molecule has 3 nitrogen and oxygen atoms in total. The van der Waals surface area contributed by atoms with Crippen LogP contribution in [0.1, 0.15) is 113 Å². The molecular formula is C30H48O3. The maximum atomic E-state index is 10.9. The topological polar surface area (TPSA) is 46.5 Å². The van der Waals surface area contributed by atoms with Crippen molar-refractivity contribution in [3.63, 3.8) is 0 Å². The Morgan fingerprint density at radius 1 is 1.21 bits per heavy atom. The third-order valence-electron chi connectivity index (χ3n) is 8.17. The van der Waals surface area contributed by atoms with Crippen LogP contribution in [0.2, 0.25) is 0 Å². The van der Waals surface area contributed by atoms with Crippen LogP contribution >= 0.6 is 0 Å². The summed E-state index contributed by atoms with van der Waals surface area (Å²) >= 11 is 0. The molecule has 1 heterocycles. The highest BCUT2D eigenvalue weighted by Crippen LogP contribution is 2.50. The van der Waals surface area contributed by atoms with Gasteiger partial charge in [0.25, 0.3) is 0 Å². The van der Waals surface area contributed by atoms with Crippen LogP contribution in [0.4, 0.5) is 0 Å². The predicted octanol–water partition coefficient (Wildman–Crippen LogP) is 8.57. The van der Waals surface area contributed by atoms with Crippen molar-refractivity contribution in [3.8, 4) is 0 Å². The summed E-state index contributed by atoms with van der Waals surface area (Å²) in [7, 11) is 0. The summed E-state index contributed by atoms with van der Waals surface area (Å²) in [4.78, 5) is 10.9. The Hall–Kier alpha value is -1.61. The molecule has 1 fully saturated rings. The van der Waals surface area contributed by atoms with Gasteiger partial charge < -0.3 is 9.84 Å². The highest BCUT2D eigenvalue weighted by atomic mass is 16.5. The third-order valence-corrected chi connectivity index (χ3v) is 8.17. The molecule has 186 valence electrons. The highest BCUT2D eigenvalue weighted by Gasteiger charge is 2.49. The van der Waals surface area contributed by atoms with E-state index < -0.39 is 5.97 Å². The quantitative estimate of drug-likeness (QED) is 0.299. The van der Waals surface area contributed by atoms with Gasteiger partial charge in [-0.15, -0.1) is 0 Å². The fourth-order valence-electron chi connectivity index (χ4n) is 5.46. The van der Waals surface area contributed by atoms with Gasteiger partial charge in [-0.25, -0.2) is 0 Å². The molecule has 1 saturated heterocycles. The molecule has 0 bridgehead atoms. The van der Waals surface area contributed by atoms with E-state index in [0.717, 1.165) is 64.2 Å². The smallest absolute Gasteiger partial charge is 0.306 e. The number of aliphatic carboxylic acids is 1. The summed E-state index contributed by atoms with van der Waals surface area (Å²) in [6.07, 6.45) is 19.7. The minimum Gasteiger partial charge on any atom is -0.481 e. The second kappa shape index (κ2) is 12.2. The van der Waals surface area contributed by atoms with Gasteiger partial charge in [-0.3, -0.25) is 4.79 Å². The van der Waals surface area contributed by atoms with Gasteiger partial charge in [0.15, 0.2) is 0 Å². The number of rotatable bonds is 12. The molecule has 0 spiro atoms. The van der Waals surface area contributed by atoms with Crippen LogP contribution in [0.25, 0.3) is 0 Å². The normalized spacial score (nSPS) is 29.2. The fourth-order valence-corrected chi connectivity index (χ4v) is 5.46. The SMILES string of the molecule is CCC12OC(C)(CCC=C(C)CCCC(C)=CCCC(C)C(=O)O)CCC1=CC=C(C)C2C. The Labute approximate surface area is 203 Å². The van der Waals surface area contributed by atoms with Gasteiger partial charge in [-0.05, 0) is 97.5 Å². The van der Waals surface area contributed by atoms with Crippen molar-refractivity contribution in [3.05, 3.63) is 46.6 Å². The van der Waals surface area contributed by atoms with Crippen molar-refractivity contribution >= 4 is 5.97 Å². The molecule has 2 aliphatic rings. The molecule has 3 heteroatoms. The lowest BCUT2D eigenvalue weighted by molar-refractivity contribution is -0.175. The molecule has 0 amide bonds. The highest BCUT2D eigenvalue weighted by molar-refractivity contribution is 5.69. The lowest BCUT2D eigenvalue weighted by Gasteiger charge is -2.53. The van der Waals surface area contributed by atoms with Crippen LogP contribution < -0.4 is 0 Å². The zero-order valence-corrected chi connectivity index (χ0v) is 22.3. The zero-order valence-electron chi connectivity index (χ0n) is 22.3. The molecule has 4 unspecified atom stereocenters. The van der Waals surface area contributed by atoms with E-state index in [1.54, 1.807) is 6.92 Å². The van der Waals surface area contributed by atoms with Crippen molar-refractivity contribution < 1.29 is 14.6 Å². The largest absolute Gasteiger partial charge is 0.481 e. The fraction of sp³-hybridized carbons (Fsp3) is 0.700. The van der Waals surface area contributed by atoms with Crippen molar-refractivity contribution in [2.45, 2.75) is 124 Å². The molecule has 1 aliphatic carbocycles. The molecule has 0 aromatic carbocycles. The number of ether oxygens (including phenoxy) is 1. The molecule has 33 heavy (non-hydrogen) atoms. The minimum atomic E-state index is -0.698. The first-order valence-corrected chi connectivity index (χ1v) is 13.1.